The summed E-state index contributed by atoms with van der Waals surface area (Å²) in [5.41, 5.74) is -3.98. The predicted molar refractivity (Wildman–Crippen MR) is 183 cm³/mol. The normalized spacial score (nSPS) is 28.0. The van der Waals surface area contributed by atoms with Crippen molar-refractivity contribution in [3.63, 3.8) is 0 Å². The highest BCUT2D eigenvalue weighted by Gasteiger charge is 2.78. The number of carbonyl (C=O) groups excluding carboxylic acids is 1. The highest BCUT2D eigenvalue weighted by Crippen LogP contribution is 2.54. The van der Waals surface area contributed by atoms with Gasteiger partial charge in [-0.15, -0.1) is 0 Å². The molecule has 3 rings (SSSR count). The summed E-state index contributed by atoms with van der Waals surface area (Å²) in [5.74, 6) is -5.88. The lowest BCUT2D eigenvalue weighted by atomic mass is 9.77. The number of carbonyl (C=O) groups is 4. The van der Waals surface area contributed by atoms with Crippen molar-refractivity contribution in [1.82, 2.24) is 0 Å². The van der Waals surface area contributed by atoms with Gasteiger partial charge in [0.2, 0.25) is 11.2 Å². The lowest BCUT2D eigenvalue weighted by Crippen LogP contribution is -2.73. The fourth-order valence-corrected chi connectivity index (χ4v) is 6.28. The van der Waals surface area contributed by atoms with E-state index in [9.17, 15) is 39.6 Å². The van der Waals surface area contributed by atoms with E-state index < -0.39 is 65.6 Å². The quantitative estimate of drug-likeness (QED) is 0.0894. The van der Waals surface area contributed by atoms with Gasteiger partial charge in [-0.05, 0) is 49.2 Å². The Morgan fingerprint density at radius 3 is 2.14 bits per heavy atom. The number of carboxylic acids is 3. The van der Waals surface area contributed by atoms with Crippen LogP contribution in [-0.2, 0) is 39.8 Å². The van der Waals surface area contributed by atoms with Crippen LogP contribution >= 0.6 is 0 Å². The van der Waals surface area contributed by atoms with Gasteiger partial charge < -0.3 is 39.7 Å². The van der Waals surface area contributed by atoms with Crippen LogP contribution < -0.4 is 0 Å². The minimum absolute atomic E-state index is 0.0993. The number of hydrogen-bond donors (Lipinski definition) is 5. The maximum absolute atomic E-state index is 12.1. The van der Waals surface area contributed by atoms with Crippen LogP contribution in [-0.4, -0.2) is 84.7 Å². The average molecular weight is 693 g/mol. The van der Waals surface area contributed by atoms with Gasteiger partial charge in [-0.2, -0.15) is 0 Å². The summed E-state index contributed by atoms with van der Waals surface area (Å²) >= 11 is 0. The van der Waals surface area contributed by atoms with Gasteiger partial charge in [0.25, 0.3) is 0 Å². The van der Waals surface area contributed by atoms with Crippen molar-refractivity contribution >= 4 is 23.9 Å². The summed E-state index contributed by atoms with van der Waals surface area (Å²) in [6, 6.07) is 9.63. The van der Waals surface area contributed by atoms with Crippen molar-refractivity contribution in [2.45, 2.75) is 129 Å². The largest absolute Gasteiger partial charge is 0.479 e. The van der Waals surface area contributed by atoms with Gasteiger partial charge in [0.05, 0.1) is 0 Å². The number of rotatable bonds is 15. The molecule has 5 N–H and O–H groups in total. The van der Waals surface area contributed by atoms with Crippen LogP contribution in [0.3, 0.4) is 0 Å². The molecule has 0 aromatic heterocycles. The fourth-order valence-electron chi connectivity index (χ4n) is 6.28. The number of carboxylic acid groups (broad SMARTS) is 3. The number of aliphatic hydroxyl groups excluding tert-OH is 1. The summed E-state index contributed by atoms with van der Waals surface area (Å²) < 4.78 is 16.8. The molecule has 5 unspecified atom stereocenters. The summed E-state index contributed by atoms with van der Waals surface area (Å²) in [4.78, 5) is 46.0. The number of fused-ring (bicyclic) bond motifs is 2. The first kappa shape index (κ1) is 43.4. The molecule has 1 aromatic carbocycles. The smallest absolute Gasteiger partial charge is 0.342 e. The minimum Gasteiger partial charge on any atom is -0.479 e. The van der Waals surface area contributed by atoms with Gasteiger partial charge in [-0.25, -0.2) is 14.4 Å². The summed E-state index contributed by atoms with van der Waals surface area (Å²) in [6.45, 7) is 18.9. The Morgan fingerprint density at radius 1 is 1.06 bits per heavy atom. The van der Waals surface area contributed by atoms with Gasteiger partial charge in [0.15, 0.2) is 5.79 Å². The molecule has 0 radical (unpaired) electrons. The van der Waals surface area contributed by atoms with E-state index in [0.29, 0.717) is 23.8 Å². The summed E-state index contributed by atoms with van der Waals surface area (Å²) in [7, 11) is 0. The molecular formula is C37H56O12. The maximum atomic E-state index is 12.1. The van der Waals surface area contributed by atoms with Gasteiger partial charge >= 0.3 is 23.9 Å². The zero-order valence-corrected chi connectivity index (χ0v) is 30.0. The van der Waals surface area contributed by atoms with Crippen LogP contribution in [0, 0.1) is 17.8 Å². The van der Waals surface area contributed by atoms with Crippen molar-refractivity contribution in [2.24, 2.45) is 17.8 Å². The molecule has 276 valence electrons. The van der Waals surface area contributed by atoms with Crippen molar-refractivity contribution in [3.05, 3.63) is 60.2 Å². The molecule has 2 saturated heterocycles. The number of aliphatic hydroxyl groups is 2. The fraction of sp³-hybridized carbons (Fsp3) is 0.622. The lowest BCUT2D eigenvalue weighted by Gasteiger charge is -2.49. The molecule has 2 heterocycles. The number of ether oxygens (including phenoxy) is 3. The third-order valence-electron chi connectivity index (χ3n) is 9.03. The van der Waals surface area contributed by atoms with E-state index in [4.69, 9.17) is 19.3 Å². The SMILES string of the molecule is C=C(CCC12OC(C)C(O)(C(=O)O)C(C(=O)O)(C[C@H]1O)O2)[C@@H](OC(C)=O)[C@H](C)Cc1ccccc1.CC.CC[C@H](C)CC(C)/C=C/C(=O)O. The first-order valence-corrected chi connectivity index (χ1v) is 16.9. The zero-order valence-electron chi connectivity index (χ0n) is 30.0. The molecule has 12 nitrogen and oxygen atoms in total. The standard InChI is InChI=1S/C25H32O10.C10H18O2.C2H6/c1-14(20(33-17(4)26)15(2)12-18-8-6-5-7-9-18)10-11-24-19(27)13-23(35-24,21(28)29)25(32,22(30)31)16(3)34-24;1-4-8(2)7-9(3)5-6-10(11)12;1-2/h5-9,15-16,19-20,27,32H,1,10-13H2,2-4H3,(H,28,29)(H,30,31);5-6,8-9H,4,7H2,1-3H3,(H,11,12);1-2H3/b;6-5+;/t15-,16?,19-,20-,23?,24?,25?;8-,9?;/m10./s1. The molecule has 2 fully saturated rings. The first-order valence-electron chi connectivity index (χ1n) is 16.9. The second-order valence-electron chi connectivity index (χ2n) is 12.9. The van der Waals surface area contributed by atoms with Crippen molar-refractivity contribution in [2.75, 3.05) is 0 Å². The molecule has 2 aliphatic heterocycles. The molecule has 12 heteroatoms. The van der Waals surface area contributed by atoms with E-state index in [1.807, 2.05) is 58.0 Å². The van der Waals surface area contributed by atoms with Crippen LogP contribution in [0.15, 0.2) is 54.6 Å². The van der Waals surface area contributed by atoms with Gasteiger partial charge in [-0.3, -0.25) is 4.79 Å². The zero-order chi connectivity index (χ0) is 37.7. The number of benzene rings is 1. The lowest BCUT2D eigenvalue weighted by molar-refractivity contribution is -0.374. The van der Waals surface area contributed by atoms with Crippen molar-refractivity contribution in [3.8, 4) is 0 Å². The van der Waals surface area contributed by atoms with Crippen LogP contribution in [0.5, 0.6) is 0 Å². The minimum atomic E-state index is -2.92. The monoisotopic (exact) mass is 692 g/mol. The van der Waals surface area contributed by atoms with E-state index in [2.05, 4.69) is 20.4 Å². The topological polar surface area (TPSA) is 197 Å². The van der Waals surface area contributed by atoms with E-state index in [-0.39, 0.29) is 18.8 Å². The molecule has 0 aliphatic carbocycles. The van der Waals surface area contributed by atoms with Crippen molar-refractivity contribution in [1.29, 1.82) is 0 Å². The predicted octanol–water partition coefficient (Wildman–Crippen LogP) is 5.39. The summed E-state index contributed by atoms with van der Waals surface area (Å²) in [5, 5.41) is 49.4. The summed E-state index contributed by atoms with van der Waals surface area (Å²) in [6.07, 6.45) is 1.44. The van der Waals surface area contributed by atoms with E-state index in [1.54, 1.807) is 6.08 Å². The molecule has 0 spiro atoms. The van der Waals surface area contributed by atoms with Gasteiger partial charge in [0.1, 0.15) is 18.3 Å². The third-order valence-corrected chi connectivity index (χ3v) is 9.03. The Kier molecular flexibility index (Phi) is 16.8. The number of esters is 1. The van der Waals surface area contributed by atoms with Gasteiger partial charge in [-0.1, -0.05) is 91.0 Å². The Balaban J connectivity index is 0.000000726. The second-order valence-corrected chi connectivity index (χ2v) is 12.9. The highest BCUT2D eigenvalue weighted by molar-refractivity contribution is 5.92. The molecule has 9 atom stereocenters. The number of aliphatic carboxylic acids is 3. The molecule has 1 aromatic rings. The number of hydrogen-bond acceptors (Lipinski definition) is 9. The Labute approximate surface area is 289 Å². The van der Waals surface area contributed by atoms with Crippen LogP contribution in [0.2, 0.25) is 0 Å². The van der Waals surface area contributed by atoms with E-state index in [1.165, 1.54) is 19.9 Å². The van der Waals surface area contributed by atoms with Crippen molar-refractivity contribution < 1.29 is 58.9 Å². The van der Waals surface area contributed by atoms with Gasteiger partial charge in [0, 0.05) is 31.8 Å². The second kappa shape index (κ2) is 19.0. The molecular weight excluding hydrogens is 636 g/mol. The van der Waals surface area contributed by atoms with E-state index >= 15 is 0 Å². The van der Waals surface area contributed by atoms with E-state index in [0.717, 1.165) is 18.4 Å². The maximum Gasteiger partial charge on any atom is 0.342 e. The third kappa shape index (κ3) is 10.7. The highest BCUT2D eigenvalue weighted by atomic mass is 16.8. The Hall–Kier alpha value is -3.58. The molecule has 0 amide bonds. The molecule has 49 heavy (non-hydrogen) atoms. The number of allylic oxidation sites excluding steroid dienone is 1. The average Bonchev–Trinajstić information content (AvgIpc) is 3.31. The van der Waals surface area contributed by atoms with Crippen LogP contribution in [0.1, 0.15) is 93.1 Å². The first-order chi connectivity index (χ1) is 22.8. The molecule has 2 bridgehead atoms. The van der Waals surface area contributed by atoms with Crippen LogP contribution in [0.25, 0.3) is 0 Å². The Morgan fingerprint density at radius 2 is 1.65 bits per heavy atom. The van der Waals surface area contributed by atoms with Crippen LogP contribution in [0.4, 0.5) is 0 Å². The Bertz CT molecular complexity index is 1300. The molecule has 0 saturated carbocycles. The molecule has 2 aliphatic rings.